The number of carbonyl (C=O) groups is 1. The highest BCUT2D eigenvalue weighted by Crippen LogP contribution is 2.40. The van der Waals surface area contributed by atoms with Crippen LogP contribution in [0.2, 0.25) is 0 Å². The summed E-state index contributed by atoms with van der Waals surface area (Å²) in [4.78, 5) is 11.7. The molecule has 0 aromatic rings. The minimum absolute atomic E-state index is 0.0392. The molecule has 0 radical (unpaired) electrons. The highest BCUT2D eigenvalue weighted by atomic mass is 16.7. The Kier molecular flexibility index (Phi) is 5.36. The van der Waals surface area contributed by atoms with Crippen LogP contribution in [-0.2, 0) is 19.0 Å². The van der Waals surface area contributed by atoms with Crippen molar-refractivity contribution in [3.8, 4) is 0 Å². The minimum Gasteiger partial charge on any atom is -0.469 e. The number of hydrogen-bond acceptors (Lipinski definition) is 5. The molecule has 0 aromatic heterocycles. The summed E-state index contributed by atoms with van der Waals surface area (Å²) < 4.78 is 15.1. The van der Waals surface area contributed by atoms with Crippen molar-refractivity contribution in [1.82, 2.24) is 0 Å². The predicted molar refractivity (Wildman–Crippen MR) is 61.2 cm³/mol. The average molecular weight is 246 g/mol. The third kappa shape index (κ3) is 3.18. The topological polar surface area (TPSA) is 65.0 Å². The summed E-state index contributed by atoms with van der Waals surface area (Å²) in [7, 11) is 4.51. The Labute approximate surface area is 102 Å². The Morgan fingerprint density at radius 2 is 1.94 bits per heavy atom. The third-order valence-corrected chi connectivity index (χ3v) is 3.72. The fraction of sp³-hybridized carbons (Fsp3) is 0.917. The molecule has 1 aliphatic rings. The Balaban J connectivity index is 2.72. The minimum atomic E-state index is -0.460. The lowest BCUT2D eigenvalue weighted by Gasteiger charge is -2.23. The van der Waals surface area contributed by atoms with Gasteiger partial charge in [-0.1, -0.05) is 6.92 Å². The van der Waals surface area contributed by atoms with E-state index in [9.17, 15) is 9.90 Å². The Morgan fingerprint density at radius 1 is 1.35 bits per heavy atom. The van der Waals surface area contributed by atoms with E-state index in [2.05, 4.69) is 0 Å². The summed E-state index contributed by atoms with van der Waals surface area (Å²) in [6.45, 7) is 1.88. The number of ether oxygens (including phenoxy) is 3. The van der Waals surface area contributed by atoms with Crippen LogP contribution < -0.4 is 0 Å². The van der Waals surface area contributed by atoms with Crippen LogP contribution in [0.1, 0.15) is 19.8 Å². The molecule has 0 heterocycles. The van der Waals surface area contributed by atoms with Crippen molar-refractivity contribution in [3.63, 3.8) is 0 Å². The molecule has 0 saturated heterocycles. The van der Waals surface area contributed by atoms with Crippen molar-refractivity contribution in [2.45, 2.75) is 32.2 Å². The van der Waals surface area contributed by atoms with E-state index in [1.54, 1.807) is 14.2 Å². The number of aliphatic hydroxyl groups is 1. The normalized spacial score (nSPS) is 33.1. The molecular weight excluding hydrogens is 224 g/mol. The zero-order valence-electron chi connectivity index (χ0n) is 10.9. The first-order valence-corrected chi connectivity index (χ1v) is 5.86. The summed E-state index contributed by atoms with van der Waals surface area (Å²) in [5.41, 5.74) is 0. The number of aliphatic hydroxyl groups excluding tert-OH is 1. The van der Waals surface area contributed by atoms with Crippen molar-refractivity contribution >= 4 is 5.97 Å². The Bertz CT molecular complexity index is 251. The molecule has 1 rings (SSSR count). The van der Waals surface area contributed by atoms with Gasteiger partial charge in [0.2, 0.25) is 0 Å². The number of methoxy groups -OCH3 is 3. The second-order valence-electron chi connectivity index (χ2n) is 4.61. The largest absolute Gasteiger partial charge is 0.469 e. The van der Waals surface area contributed by atoms with Crippen LogP contribution in [0, 0.1) is 17.8 Å². The third-order valence-electron chi connectivity index (χ3n) is 3.72. The van der Waals surface area contributed by atoms with Crippen molar-refractivity contribution in [2.24, 2.45) is 17.8 Å². The van der Waals surface area contributed by atoms with Gasteiger partial charge in [0, 0.05) is 20.6 Å². The van der Waals surface area contributed by atoms with Gasteiger partial charge in [0.1, 0.15) is 0 Å². The summed E-state index contributed by atoms with van der Waals surface area (Å²) in [6.07, 6.45) is 0.376. The Hall–Kier alpha value is -0.650. The zero-order chi connectivity index (χ0) is 13.0. The molecule has 0 aromatic carbocycles. The second-order valence-corrected chi connectivity index (χ2v) is 4.61. The monoisotopic (exact) mass is 246 g/mol. The lowest BCUT2D eigenvalue weighted by molar-refractivity contribution is -0.151. The molecule has 1 aliphatic carbocycles. The van der Waals surface area contributed by atoms with Gasteiger partial charge in [-0.25, -0.2) is 0 Å². The van der Waals surface area contributed by atoms with Gasteiger partial charge >= 0.3 is 5.97 Å². The quantitative estimate of drug-likeness (QED) is 0.574. The molecule has 5 nitrogen and oxygen atoms in total. The molecule has 0 amide bonds. The molecule has 1 N–H and O–H groups in total. The lowest BCUT2D eigenvalue weighted by atomic mass is 9.88. The molecule has 5 heteroatoms. The van der Waals surface area contributed by atoms with Crippen LogP contribution in [0.5, 0.6) is 0 Å². The molecule has 1 fully saturated rings. The smallest absolute Gasteiger partial charge is 0.309 e. The molecule has 17 heavy (non-hydrogen) atoms. The van der Waals surface area contributed by atoms with Crippen LogP contribution in [0.3, 0.4) is 0 Å². The fourth-order valence-electron chi connectivity index (χ4n) is 2.66. The molecule has 4 atom stereocenters. The number of carbonyl (C=O) groups excluding carboxylic acids is 1. The van der Waals surface area contributed by atoms with E-state index in [0.29, 0.717) is 12.8 Å². The molecule has 0 spiro atoms. The van der Waals surface area contributed by atoms with E-state index in [1.807, 2.05) is 6.92 Å². The van der Waals surface area contributed by atoms with E-state index in [-0.39, 0.29) is 30.0 Å². The zero-order valence-corrected chi connectivity index (χ0v) is 10.9. The van der Waals surface area contributed by atoms with Gasteiger partial charge in [-0.15, -0.1) is 0 Å². The van der Waals surface area contributed by atoms with Crippen molar-refractivity contribution < 1.29 is 24.1 Å². The standard InChI is InChI=1S/C12H22O5/c1-7-9(13)5-8(6-10(15-2)16-3)11(7)12(14)17-4/h7-11,13H,5-6H2,1-4H3/t7-,8+,9-,11+/m0/s1. The predicted octanol–water partition coefficient (Wildman–Crippen LogP) is 0.801. The molecular formula is C12H22O5. The van der Waals surface area contributed by atoms with E-state index in [4.69, 9.17) is 14.2 Å². The van der Waals surface area contributed by atoms with Crippen LogP contribution in [0.25, 0.3) is 0 Å². The summed E-state index contributed by atoms with van der Waals surface area (Å²) in [5, 5.41) is 9.85. The second kappa shape index (κ2) is 6.33. The van der Waals surface area contributed by atoms with Gasteiger partial charge in [-0.3, -0.25) is 4.79 Å². The van der Waals surface area contributed by atoms with Crippen LogP contribution in [0.4, 0.5) is 0 Å². The fourth-order valence-corrected chi connectivity index (χ4v) is 2.66. The molecule has 0 bridgehead atoms. The molecule has 1 saturated carbocycles. The van der Waals surface area contributed by atoms with E-state index in [1.165, 1.54) is 7.11 Å². The van der Waals surface area contributed by atoms with Gasteiger partial charge in [0.25, 0.3) is 0 Å². The lowest BCUT2D eigenvalue weighted by Crippen LogP contribution is -2.29. The first kappa shape index (κ1) is 14.4. The number of esters is 1. The van der Waals surface area contributed by atoms with Gasteiger partial charge in [-0.2, -0.15) is 0 Å². The Morgan fingerprint density at radius 3 is 2.41 bits per heavy atom. The van der Waals surface area contributed by atoms with Gasteiger partial charge in [-0.05, 0) is 18.3 Å². The van der Waals surface area contributed by atoms with Crippen LogP contribution in [0.15, 0.2) is 0 Å². The first-order chi connectivity index (χ1) is 8.04. The van der Waals surface area contributed by atoms with Crippen LogP contribution >= 0.6 is 0 Å². The van der Waals surface area contributed by atoms with Crippen molar-refractivity contribution in [1.29, 1.82) is 0 Å². The first-order valence-electron chi connectivity index (χ1n) is 5.86. The number of hydrogen-bond donors (Lipinski definition) is 1. The van der Waals surface area contributed by atoms with Crippen LogP contribution in [-0.4, -0.2) is 44.8 Å². The van der Waals surface area contributed by atoms with Gasteiger partial charge in [0.05, 0.1) is 19.1 Å². The molecule has 0 aliphatic heterocycles. The average Bonchev–Trinajstić information content (AvgIpc) is 2.61. The summed E-state index contributed by atoms with van der Waals surface area (Å²) >= 11 is 0. The van der Waals surface area contributed by atoms with Gasteiger partial charge in [0.15, 0.2) is 6.29 Å². The van der Waals surface area contributed by atoms with Gasteiger partial charge < -0.3 is 19.3 Å². The maximum atomic E-state index is 11.7. The van der Waals surface area contributed by atoms with Crippen molar-refractivity contribution in [3.05, 3.63) is 0 Å². The van der Waals surface area contributed by atoms with E-state index >= 15 is 0 Å². The highest BCUT2D eigenvalue weighted by molar-refractivity contribution is 5.73. The number of rotatable bonds is 5. The summed E-state index contributed by atoms with van der Waals surface area (Å²) in [6, 6.07) is 0. The summed E-state index contributed by atoms with van der Waals surface area (Å²) in [5.74, 6) is -0.577. The highest BCUT2D eigenvalue weighted by Gasteiger charge is 2.45. The van der Waals surface area contributed by atoms with E-state index in [0.717, 1.165) is 0 Å². The SMILES string of the molecule is COC(=O)[C@H]1[C@@H](CC(OC)OC)C[C@H](O)[C@@H]1C. The molecule has 0 unspecified atom stereocenters. The molecule has 100 valence electrons. The maximum absolute atomic E-state index is 11.7. The maximum Gasteiger partial charge on any atom is 0.309 e. The van der Waals surface area contributed by atoms with Crippen molar-refractivity contribution in [2.75, 3.05) is 21.3 Å². The van der Waals surface area contributed by atoms with E-state index < -0.39 is 6.10 Å².